The Labute approximate surface area is 170 Å². The lowest BCUT2D eigenvalue weighted by Gasteiger charge is -2.33. The number of hydrogen-bond acceptors (Lipinski definition) is 5. The molecule has 28 heavy (non-hydrogen) atoms. The molecule has 2 fully saturated rings. The van der Waals surface area contributed by atoms with Crippen molar-refractivity contribution in [3.05, 3.63) is 29.3 Å². The van der Waals surface area contributed by atoms with Crippen LogP contribution >= 0.6 is 11.3 Å². The third-order valence-electron chi connectivity index (χ3n) is 6.16. The van der Waals surface area contributed by atoms with E-state index in [2.05, 4.69) is 13.0 Å². The Hall–Kier alpha value is -1.95. The molecule has 2 aliphatic rings. The molecule has 5 nitrogen and oxygen atoms in total. The molecule has 1 aliphatic carbocycles. The van der Waals surface area contributed by atoms with Gasteiger partial charge >= 0.3 is 5.97 Å². The van der Waals surface area contributed by atoms with Crippen LogP contribution in [0.5, 0.6) is 0 Å². The summed E-state index contributed by atoms with van der Waals surface area (Å²) in [5.41, 5.74) is 0.995. The first kappa shape index (κ1) is 19.4. The smallest absolute Gasteiger partial charge is 0.310 e. The zero-order chi connectivity index (χ0) is 19.5. The number of ether oxygens (including phenoxy) is 1. The number of thiazole rings is 1. The molecular formula is C22H28N2O3S. The first-order valence-electron chi connectivity index (χ1n) is 10.4. The summed E-state index contributed by atoms with van der Waals surface area (Å²) in [4.78, 5) is 32.0. The Balaban J connectivity index is 1.42. The van der Waals surface area contributed by atoms with E-state index in [1.54, 1.807) is 11.3 Å². The Bertz CT molecular complexity index is 816. The molecule has 6 heteroatoms. The molecule has 3 atom stereocenters. The highest BCUT2D eigenvalue weighted by Crippen LogP contribution is 2.41. The fourth-order valence-corrected chi connectivity index (χ4v) is 5.72. The summed E-state index contributed by atoms with van der Waals surface area (Å²) >= 11 is 1.68. The van der Waals surface area contributed by atoms with Gasteiger partial charge < -0.3 is 9.64 Å². The summed E-state index contributed by atoms with van der Waals surface area (Å²) in [6.07, 6.45) is 7.13. The number of benzene rings is 1. The molecule has 1 amide bonds. The first-order valence-corrected chi connectivity index (χ1v) is 11.3. The van der Waals surface area contributed by atoms with E-state index in [-0.39, 0.29) is 36.4 Å². The average Bonchev–Trinajstić information content (AvgIpc) is 3.16. The van der Waals surface area contributed by atoms with Crippen LogP contribution in [0.1, 0.15) is 62.8 Å². The number of hydrogen-bond donors (Lipinski definition) is 0. The van der Waals surface area contributed by atoms with Gasteiger partial charge in [-0.2, -0.15) is 0 Å². The molecule has 150 valence electrons. The van der Waals surface area contributed by atoms with Crippen LogP contribution in [-0.4, -0.2) is 41.0 Å². The van der Waals surface area contributed by atoms with Gasteiger partial charge in [0.2, 0.25) is 0 Å². The molecule has 1 saturated carbocycles. The van der Waals surface area contributed by atoms with Gasteiger partial charge in [-0.1, -0.05) is 25.0 Å². The highest BCUT2D eigenvalue weighted by Gasteiger charge is 2.36. The molecule has 1 aromatic carbocycles. The first-order chi connectivity index (χ1) is 13.6. The summed E-state index contributed by atoms with van der Waals surface area (Å²) in [7, 11) is 0. The molecule has 1 saturated heterocycles. The Morgan fingerprint density at radius 3 is 2.75 bits per heavy atom. The number of carbonyl (C=O) groups is 2. The lowest BCUT2D eigenvalue weighted by molar-refractivity contribution is -0.158. The maximum atomic E-state index is 12.8. The molecule has 0 radical (unpaired) electrons. The fourth-order valence-electron chi connectivity index (χ4n) is 4.55. The highest BCUT2D eigenvalue weighted by atomic mass is 32.1. The molecule has 4 rings (SSSR count). The zero-order valence-electron chi connectivity index (χ0n) is 16.4. The predicted octanol–water partition coefficient (Wildman–Crippen LogP) is 4.51. The van der Waals surface area contributed by atoms with E-state index in [9.17, 15) is 9.59 Å². The summed E-state index contributed by atoms with van der Waals surface area (Å²) in [5, 5.41) is 1.03. The minimum Gasteiger partial charge on any atom is -0.455 e. The number of fused-ring (bicyclic) bond motifs is 1. The van der Waals surface area contributed by atoms with Crippen molar-refractivity contribution in [2.75, 3.05) is 13.2 Å². The number of aromatic nitrogens is 1. The van der Waals surface area contributed by atoms with Crippen molar-refractivity contribution in [3.63, 3.8) is 0 Å². The minimum atomic E-state index is -0.234. The van der Waals surface area contributed by atoms with E-state index in [4.69, 9.17) is 9.72 Å². The van der Waals surface area contributed by atoms with Crippen LogP contribution in [0.2, 0.25) is 0 Å². The summed E-state index contributed by atoms with van der Waals surface area (Å²) < 4.78 is 6.67. The maximum Gasteiger partial charge on any atom is 0.310 e. The zero-order valence-corrected chi connectivity index (χ0v) is 17.2. The van der Waals surface area contributed by atoms with Crippen LogP contribution in [0, 0.1) is 5.92 Å². The second-order valence-corrected chi connectivity index (χ2v) is 9.12. The van der Waals surface area contributed by atoms with E-state index in [1.165, 1.54) is 0 Å². The SMILES string of the molecule is CC1CCCCN1C(=O)COC(=O)C1CCCCC1c1nc2ccccc2s1. The molecule has 0 bridgehead atoms. The van der Waals surface area contributed by atoms with Gasteiger partial charge in [-0.05, 0) is 51.2 Å². The van der Waals surface area contributed by atoms with E-state index in [0.717, 1.165) is 66.7 Å². The average molecular weight is 401 g/mol. The monoisotopic (exact) mass is 400 g/mol. The van der Waals surface area contributed by atoms with Crippen LogP contribution in [0.25, 0.3) is 10.2 Å². The Kier molecular flexibility index (Phi) is 5.95. The molecule has 2 aromatic rings. The van der Waals surface area contributed by atoms with Crippen LogP contribution < -0.4 is 0 Å². The van der Waals surface area contributed by atoms with Crippen molar-refractivity contribution in [3.8, 4) is 0 Å². The minimum absolute atomic E-state index is 0.0621. The normalized spacial score (nSPS) is 25.6. The van der Waals surface area contributed by atoms with Crippen molar-refractivity contribution < 1.29 is 14.3 Å². The standard InChI is InChI=1S/C22H28N2O3S/c1-15-8-6-7-13-24(15)20(25)14-27-22(26)17-10-3-2-9-16(17)21-23-18-11-4-5-12-19(18)28-21/h4-5,11-12,15-17H,2-3,6-10,13-14H2,1H3. The molecule has 3 unspecified atom stereocenters. The van der Waals surface area contributed by atoms with Crippen LogP contribution in [-0.2, 0) is 14.3 Å². The fraction of sp³-hybridized carbons (Fsp3) is 0.591. The summed E-state index contributed by atoms with van der Waals surface area (Å²) in [5.74, 6) is -0.390. The molecular weight excluding hydrogens is 372 g/mol. The Morgan fingerprint density at radius 1 is 1.14 bits per heavy atom. The van der Waals surface area contributed by atoms with Gasteiger partial charge in [-0.25, -0.2) is 4.98 Å². The number of esters is 1. The van der Waals surface area contributed by atoms with E-state index < -0.39 is 0 Å². The number of para-hydroxylation sites is 1. The number of rotatable bonds is 4. The molecule has 0 spiro atoms. The molecule has 2 heterocycles. The van der Waals surface area contributed by atoms with Crippen molar-refractivity contribution in [1.29, 1.82) is 0 Å². The molecule has 0 N–H and O–H groups in total. The van der Waals surface area contributed by atoms with E-state index in [1.807, 2.05) is 23.1 Å². The van der Waals surface area contributed by atoms with Crippen molar-refractivity contribution in [2.45, 2.75) is 63.8 Å². The van der Waals surface area contributed by atoms with Gasteiger partial charge in [0.25, 0.3) is 5.91 Å². The summed E-state index contributed by atoms with van der Waals surface area (Å²) in [6, 6.07) is 8.34. The number of amides is 1. The predicted molar refractivity (Wildman–Crippen MR) is 110 cm³/mol. The van der Waals surface area contributed by atoms with Gasteiger partial charge in [-0.3, -0.25) is 9.59 Å². The van der Waals surface area contributed by atoms with Crippen LogP contribution in [0.4, 0.5) is 0 Å². The summed E-state index contributed by atoms with van der Waals surface area (Å²) in [6.45, 7) is 2.71. The van der Waals surface area contributed by atoms with E-state index in [0.29, 0.717) is 0 Å². The van der Waals surface area contributed by atoms with Gasteiger partial charge in [0.15, 0.2) is 6.61 Å². The Morgan fingerprint density at radius 2 is 1.93 bits per heavy atom. The number of piperidine rings is 1. The van der Waals surface area contributed by atoms with Gasteiger partial charge in [0.05, 0.1) is 21.1 Å². The van der Waals surface area contributed by atoms with Gasteiger partial charge in [-0.15, -0.1) is 11.3 Å². The quantitative estimate of drug-likeness (QED) is 0.708. The largest absolute Gasteiger partial charge is 0.455 e. The molecule has 1 aliphatic heterocycles. The van der Waals surface area contributed by atoms with Gasteiger partial charge in [0, 0.05) is 18.5 Å². The van der Waals surface area contributed by atoms with Crippen LogP contribution in [0.3, 0.4) is 0 Å². The topological polar surface area (TPSA) is 59.5 Å². The third kappa shape index (κ3) is 4.07. The lowest BCUT2D eigenvalue weighted by atomic mass is 9.79. The highest BCUT2D eigenvalue weighted by molar-refractivity contribution is 7.18. The lowest BCUT2D eigenvalue weighted by Crippen LogP contribution is -2.44. The second-order valence-electron chi connectivity index (χ2n) is 8.06. The van der Waals surface area contributed by atoms with Crippen molar-refractivity contribution in [1.82, 2.24) is 9.88 Å². The van der Waals surface area contributed by atoms with Crippen molar-refractivity contribution >= 4 is 33.4 Å². The number of likely N-dealkylation sites (tertiary alicyclic amines) is 1. The maximum absolute atomic E-state index is 12.8. The number of carbonyl (C=O) groups excluding carboxylic acids is 2. The van der Waals surface area contributed by atoms with Crippen LogP contribution in [0.15, 0.2) is 24.3 Å². The second kappa shape index (κ2) is 8.60. The number of nitrogens with zero attached hydrogens (tertiary/aromatic N) is 2. The van der Waals surface area contributed by atoms with Gasteiger partial charge in [0.1, 0.15) is 0 Å². The molecule has 1 aromatic heterocycles. The van der Waals surface area contributed by atoms with E-state index >= 15 is 0 Å². The van der Waals surface area contributed by atoms with Crippen molar-refractivity contribution in [2.24, 2.45) is 5.92 Å². The third-order valence-corrected chi connectivity index (χ3v) is 7.33.